The number of allylic oxidation sites excluding steroid dienone is 2. The average molecular weight is 335 g/mol. The molecule has 2 aromatic rings. The molecular formula is C20H21N3O2. The third kappa shape index (κ3) is 2.65. The zero-order valence-corrected chi connectivity index (χ0v) is 14.5. The summed E-state index contributed by atoms with van der Waals surface area (Å²) in [5.41, 5.74) is 5.97. The SMILES string of the molecule is Cn1cc2c3c1C(=O)C(NCCc1ccc([O-])cc1)=CC3=[N+](C)CC2. The summed E-state index contributed by atoms with van der Waals surface area (Å²) < 4.78 is 4.17. The molecule has 0 atom stereocenters. The predicted molar refractivity (Wildman–Crippen MR) is 94.3 cm³/mol. The normalized spacial score (nSPS) is 15.9. The largest absolute Gasteiger partial charge is 0.872 e. The zero-order chi connectivity index (χ0) is 17.6. The van der Waals surface area contributed by atoms with Crippen molar-refractivity contribution in [3.8, 4) is 5.75 Å². The van der Waals surface area contributed by atoms with Gasteiger partial charge in [0.15, 0.2) is 0 Å². The molecule has 1 N–H and O–H groups in total. The first-order valence-electron chi connectivity index (χ1n) is 8.57. The van der Waals surface area contributed by atoms with Gasteiger partial charge in [-0.3, -0.25) is 4.79 Å². The van der Waals surface area contributed by atoms with E-state index in [4.69, 9.17) is 0 Å². The maximum atomic E-state index is 12.9. The predicted octanol–water partition coefficient (Wildman–Crippen LogP) is 0.999. The van der Waals surface area contributed by atoms with Crippen LogP contribution in [0.3, 0.4) is 0 Å². The second kappa shape index (κ2) is 5.92. The first-order chi connectivity index (χ1) is 12.0. The number of aryl methyl sites for hydroxylation is 1. The molecule has 0 amide bonds. The topological polar surface area (TPSA) is 60.1 Å². The summed E-state index contributed by atoms with van der Waals surface area (Å²) in [5, 5.41) is 14.5. The van der Waals surface area contributed by atoms with Crippen molar-refractivity contribution in [2.45, 2.75) is 12.8 Å². The monoisotopic (exact) mass is 335 g/mol. The summed E-state index contributed by atoms with van der Waals surface area (Å²) in [7, 11) is 4.01. The third-order valence-electron chi connectivity index (χ3n) is 5.04. The molecule has 5 nitrogen and oxygen atoms in total. The molecule has 1 aromatic carbocycles. The summed E-state index contributed by atoms with van der Waals surface area (Å²) in [6.45, 7) is 1.62. The van der Waals surface area contributed by atoms with Gasteiger partial charge < -0.3 is 15.0 Å². The minimum atomic E-state index is 0.0191. The fourth-order valence-electron chi connectivity index (χ4n) is 3.68. The first-order valence-corrected chi connectivity index (χ1v) is 8.57. The minimum absolute atomic E-state index is 0.0191. The number of rotatable bonds is 4. The van der Waals surface area contributed by atoms with Crippen LogP contribution in [0.5, 0.6) is 5.75 Å². The molecule has 4 rings (SSSR count). The Labute approximate surface area is 146 Å². The van der Waals surface area contributed by atoms with Crippen LogP contribution in [0.25, 0.3) is 0 Å². The van der Waals surface area contributed by atoms with Crippen LogP contribution in [-0.2, 0) is 19.9 Å². The van der Waals surface area contributed by atoms with Gasteiger partial charge >= 0.3 is 0 Å². The lowest BCUT2D eigenvalue weighted by atomic mass is 9.91. The number of likely N-dealkylation sites (N-methyl/N-ethyl adjacent to an activating group) is 1. The van der Waals surface area contributed by atoms with Gasteiger partial charge in [-0.05, 0) is 17.5 Å². The Bertz CT molecular complexity index is 917. The molecular weight excluding hydrogens is 314 g/mol. The lowest BCUT2D eigenvalue weighted by Gasteiger charge is -2.19. The van der Waals surface area contributed by atoms with E-state index in [1.54, 1.807) is 12.1 Å². The van der Waals surface area contributed by atoms with Crippen molar-refractivity contribution < 1.29 is 14.5 Å². The van der Waals surface area contributed by atoms with E-state index in [0.717, 1.165) is 41.9 Å². The van der Waals surface area contributed by atoms with Crippen LogP contribution in [0.15, 0.2) is 42.2 Å². The third-order valence-corrected chi connectivity index (χ3v) is 5.04. The Morgan fingerprint density at radius 3 is 2.80 bits per heavy atom. The average Bonchev–Trinajstić information content (AvgIpc) is 2.93. The standard InChI is InChI=1S/C20H21N3O2/c1-22-10-8-14-12-23(2)19-18(14)17(22)11-16(20(19)25)21-9-7-13-3-5-15(24)6-4-13/h3-6,11-12,24H,7-10H2,1-2H3. The van der Waals surface area contributed by atoms with E-state index in [0.29, 0.717) is 12.2 Å². The Balaban J connectivity index is 1.57. The molecule has 0 unspecified atom stereocenters. The molecule has 0 spiro atoms. The molecule has 1 aromatic heterocycles. The van der Waals surface area contributed by atoms with Gasteiger partial charge in [0.05, 0.1) is 11.3 Å². The van der Waals surface area contributed by atoms with E-state index in [1.807, 2.05) is 29.8 Å². The van der Waals surface area contributed by atoms with Crippen molar-refractivity contribution in [3.05, 3.63) is 64.6 Å². The molecule has 0 fully saturated rings. The van der Waals surface area contributed by atoms with Crippen molar-refractivity contribution in [1.82, 2.24) is 9.88 Å². The lowest BCUT2D eigenvalue weighted by molar-refractivity contribution is -0.497. The maximum absolute atomic E-state index is 12.9. The van der Waals surface area contributed by atoms with E-state index in [1.165, 1.54) is 5.56 Å². The Morgan fingerprint density at radius 2 is 2.04 bits per heavy atom. The van der Waals surface area contributed by atoms with Crippen LogP contribution in [0.4, 0.5) is 0 Å². The van der Waals surface area contributed by atoms with E-state index in [9.17, 15) is 9.90 Å². The van der Waals surface area contributed by atoms with Crippen LogP contribution in [0.2, 0.25) is 0 Å². The highest BCUT2D eigenvalue weighted by atomic mass is 16.3. The molecule has 25 heavy (non-hydrogen) atoms. The summed E-state index contributed by atoms with van der Waals surface area (Å²) in [6.07, 6.45) is 5.80. The number of nitrogens with one attached hydrogen (secondary N) is 1. The Hall–Kier alpha value is -2.82. The first kappa shape index (κ1) is 15.7. The molecule has 128 valence electrons. The quantitative estimate of drug-likeness (QED) is 0.848. The Kier molecular flexibility index (Phi) is 3.71. The van der Waals surface area contributed by atoms with Gasteiger partial charge in [0, 0.05) is 32.3 Å². The van der Waals surface area contributed by atoms with E-state index >= 15 is 0 Å². The molecule has 2 heterocycles. The van der Waals surface area contributed by atoms with Gasteiger partial charge in [-0.15, -0.1) is 5.75 Å². The summed E-state index contributed by atoms with van der Waals surface area (Å²) in [5.74, 6) is 0.0726. The van der Waals surface area contributed by atoms with Crippen molar-refractivity contribution in [2.75, 3.05) is 20.1 Å². The zero-order valence-electron chi connectivity index (χ0n) is 14.5. The number of carbonyl (C=O) groups is 1. The number of hydrogen-bond donors (Lipinski definition) is 1. The van der Waals surface area contributed by atoms with Gasteiger partial charge in [0.2, 0.25) is 11.5 Å². The number of Topliss-reactive ketones (excluding diaryl/α,β-unsaturated/α-hetero) is 1. The number of benzene rings is 1. The van der Waals surface area contributed by atoms with E-state index in [-0.39, 0.29) is 11.5 Å². The minimum Gasteiger partial charge on any atom is -0.872 e. The summed E-state index contributed by atoms with van der Waals surface area (Å²) in [4.78, 5) is 12.9. The second-order valence-electron chi connectivity index (χ2n) is 6.75. The molecule has 1 aliphatic heterocycles. The summed E-state index contributed by atoms with van der Waals surface area (Å²) in [6, 6.07) is 6.83. The van der Waals surface area contributed by atoms with Crippen molar-refractivity contribution in [2.24, 2.45) is 7.05 Å². The van der Waals surface area contributed by atoms with Crippen molar-refractivity contribution in [1.29, 1.82) is 0 Å². The molecule has 0 radical (unpaired) electrons. The van der Waals surface area contributed by atoms with Crippen LogP contribution in [0.1, 0.15) is 27.2 Å². The fraction of sp³-hybridized carbons (Fsp3) is 0.300. The number of nitrogens with zero attached hydrogens (tertiary/aromatic N) is 2. The number of aromatic nitrogens is 1. The Morgan fingerprint density at radius 1 is 1.28 bits per heavy atom. The van der Waals surface area contributed by atoms with Crippen LogP contribution < -0.4 is 10.4 Å². The van der Waals surface area contributed by atoms with E-state index in [2.05, 4.69) is 23.1 Å². The maximum Gasteiger partial charge on any atom is 0.226 e. The fourth-order valence-corrected chi connectivity index (χ4v) is 3.68. The number of ketones is 1. The summed E-state index contributed by atoms with van der Waals surface area (Å²) >= 11 is 0. The van der Waals surface area contributed by atoms with Gasteiger partial charge in [-0.25, -0.2) is 4.58 Å². The number of hydrogen-bond acceptors (Lipinski definition) is 3. The molecule has 0 saturated carbocycles. The highest BCUT2D eigenvalue weighted by molar-refractivity contribution is 6.24. The molecule has 0 saturated heterocycles. The van der Waals surface area contributed by atoms with Crippen molar-refractivity contribution in [3.63, 3.8) is 0 Å². The number of carbonyl (C=O) groups excluding carboxylic acids is 1. The van der Waals surface area contributed by atoms with Crippen LogP contribution >= 0.6 is 0 Å². The second-order valence-corrected chi connectivity index (χ2v) is 6.75. The molecule has 0 bridgehead atoms. The van der Waals surface area contributed by atoms with Gasteiger partial charge in [-0.2, -0.15) is 0 Å². The van der Waals surface area contributed by atoms with Gasteiger partial charge in [0.25, 0.3) is 0 Å². The molecule has 1 aliphatic carbocycles. The molecule has 2 aliphatic rings. The van der Waals surface area contributed by atoms with Crippen molar-refractivity contribution >= 4 is 11.5 Å². The lowest BCUT2D eigenvalue weighted by Crippen LogP contribution is -2.34. The highest BCUT2D eigenvalue weighted by Crippen LogP contribution is 2.28. The smallest absolute Gasteiger partial charge is 0.226 e. The van der Waals surface area contributed by atoms with Crippen LogP contribution in [-0.4, -0.2) is 40.8 Å². The van der Waals surface area contributed by atoms with Gasteiger partial charge in [0.1, 0.15) is 19.3 Å². The van der Waals surface area contributed by atoms with Gasteiger partial charge in [-0.1, -0.05) is 24.3 Å². The van der Waals surface area contributed by atoms with E-state index < -0.39 is 0 Å². The molecule has 5 heteroatoms. The van der Waals surface area contributed by atoms with Crippen LogP contribution in [0, 0.1) is 0 Å². The highest BCUT2D eigenvalue weighted by Gasteiger charge is 2.36.